The van der Waals surface area contributed by atoms with E-state index in [1.165, 1.54) is 4.90 Å². The van der Waals surface area contributed by atoms with Crippen molar-refractivity contribution in [2.75, 3.05) is 5.75 Å². The lowest BCUT2D eigenvalue weighted by Crippen LogP contribution is -2.62. The van der Waals surface area contributed by atoms with Crippen molar-refractivity contribution in [3.8, 4) is 0 Å². The Bertz CT molecular complexity index is 981. The standard InChI is InChI=1S/C20H21N2O3PS2/c1-10-12(17(19(24)25)22-16(10)15(11(2)26)18(22)23)6-5-9-27-20-21-13-7-3-4-8-14(13)28-20/h3-8,10-11,15-16H,9,26H2,1-2H3,(H,24,25)/b6-5+/t10-,11?,15?,16?/m0/s1. The molecule has 0 radical (unpaired) electrons. The van der Waals surface area contributed by atoms with Crippen LogP contribution in [0.4, 0.5) is 0 Å². The van der Waals surface area contributed by atoms with Crippen LogP contribution in [-0.2, 0) is 9.59 Å². The van der Waals surface area contributed by atoms with Crippen LogP contribution in [0.2, 0.25) is 0 Å². The lowest BCUT2D eigenvalue weighted by atomic mass is 9.79. The summed E-state index contributed by atoms with van der Waals surface area (Å²) >= 11 is 3.29. The highest BCUT2D eigenvalue weighted by atomic mass is 32.2. The monoisotopic (exact) mass is 432 g/mol. The minimum atomic E-state index is -1.03. The smallest absolute Gasteiger partial charge is 0.352 e. The minimum Gasteiger partial charge on any atom is -0.477 e. The van der Waals surface area contributed by atoms with E-state index in [-0.39, 0.29) is 35.1 Å². The second-order valence-corrected chi connectivity index (χ2v) is 10.5. The summed E-state index contributed by atoms with van der Waals surface area (Å²) in [6.07, 6.45) is 3.85. The number of benzene rings is 1. The molecule has 0 spiro atoms. The number of β-lactam (4-membered cyclic amide) rings is 1. The van der Waals surface area contributed by atoms with Gasteiger partial charge in [-0.2, -0.15) is 0 Å². The van der Waals surface area contributed by atoms with Gasteiger partial charge in [-0.15, -0.1) is 20.6 Å². The number of nitrogens with zero attached hydrogens (tertiary/aromatic N) is 2. The molecular formula is C20H21N2O3PS2. The maximum absolute atomic E-state index is 12.5. The first kappa shape index (κ1) is 19.6. The van der Waals surface area contributed by atoms with Gasteiger partial charge in [0, 0.05) is 11.7 Å². The van der Waals surface area contributed by atoms with Crippen molar-refractivity contribution in [3.05, 3.63) is 47.7 Å². The zero-order valence-electron chi connectivity index (χ0n) is 15.5. The molecule has 1 aromatic heterocycles. The lowest BCUT2D eigenvalue weighted by Gasteiger charge is -2.47. The highest BCUT2D eigenvalue weighted by Crippen LogP contribution is 2.48. The van der Waals surface area contributed by atoms with E-state index < -0.39 is 5.97 Å². The molecule has 2 aliphatic heterocycles. The molecule has 3 heterocycles. The van der Waals surface area contributed by atoms with Crippen LogP contribution in [0.5, 0.6) is 0 Å². The van der Waals surface area contributed by atoms with Crippen LogP contribution < -0.4 is 0 Å². The number of carbonyl (C=O) groups is 2. The van der Waals surface area contributed by atoms with E-state index >= 15 is 0 Å². The Balaban J connectivity index is 1.49. The fourth-order valence-electron chi connectivity index (χ4n) is 4.07. The number of rotatable bonds is 6. The van der Waals surface area contributed by atoms with Crippen molar-refractivity contribution in [2.24, 2.45) is 11.8 Å². The number of hydrogen-bond acceptors (Lipinski definition) is 5. The van der Waals surface area contributed by atoms with E-state index in [0.717, 1.165) is 20.1 Å². The molecule has 1 fully saturated rings. The van der Waals surface area contributed by atoms with Crippen LogP contribution >= 0.6 is 32.3 Å². The van der Waals surface area contributed by atoms with E-state index in [1.54, 1.807) is 23.1 Å². The van der Waals surface area contributed by atoms with Gasteiger partial charge in [0.15, 0.2) is 4.34 Å². The van der Waals surface area contributed by atoms with Gasteiger partial charge in [-0.05, 0) is 23.4 Å². The van der Waals surface area contributed by atoms with Gasteiger partial charge in [0.25, 0.3) is 0 Å². The van der Waals surface area contributed by atoms with Crippen molar-refractivity contribution >= 4 is 54.4 Å². The summed E-state index contributed by atoms with van der Waals surface area (Å²) in [5.41, 5.74) is 2.01. The number of para-hydroxylation sites is 1. The molecule has 4 unspecified atom stereocenters. The van der Waals surface area contributed by atoms with Gasteiger partial charge in [0.05, 0.1) is 22.2 Å². The number of amides is 1. The van der Waals surface area contributed by atoms with E-state index in [1.807, 2.05) is 44.2 Å². The van der Waals surface area contributed by atoms with Gasteiger partial charge in [0.2, 0.25) is 5.91 Å². The van der Waals surface area contributed by atoms with Crippen molar-refractivity contribution in [1.29, 1.82) is 0 Å². The van der Waals surface area contributed by atoms with Gasteiger partial charge in [0.1, 0.15) is 5.70 Å². The van der Waals surface area contributed by atoms with Crippen LogP contribution in [0, 0.1) is 11.8 Å². The number of aromatic nitrogens is 1. The molecule has 146 valence electrons. The summed E-state index contributed by atoms with van der Waals surface area (Å²) in [5.74, 6) is -0.525. The Morgan fingerprint density at radius 3 is 2.89 bits per heavy atom. The molecule has 1 aromatic carbocycles. The first-order valence-electron chi connectivity index (χ1n) is 9.11. The molecule has 0 aliphatic carbocycles. The van der Waals surface area contributed by atoms with Crippen LogP contribution in [0.1, 0.15) is 13.8 Å². The highest BCUT2D eigenvalue weighted by Gasteiger charge is 2.58. The number of carboxylic acids is 1. The lowest BCUT2D eigenvalue weighted by molar-refractivity contribution is -0.156. The molecule has 5 nitrogen and oxygen atoms in total. The zero-order chi connectivity index (χ0) is 20.0. The van der Waals surface area contributed by atoms with Gasteiger partial charge in [-0.25, -0.2) is 9.78 Å². The van der Waals surface area contributed by atoms with Gasteiger partial charge >= 0.3 is 5.97 Å². The Morgan fingerprint density at radius 1 is 1.46 bits per heavy atom. The molecule has 28 heavy (non-hydrogen) atoms. The molecule has 8 heteroatoms. The maximum atomic E-state index is 12.5. The summed E-state index contributed by atoms with van der Waals surface area (Å²) in [6, 6.07) is 7.99. The maximum Gasteiger partial charge on any atom is 0.352 e. The summed E-state index contributed by atoms with van der Waals surface area (Å²) in [7, 11) is 2.68. The molecule has 1 N–H and O–H groups in total. The second-order valence-electron chi connectivity index (χ2n) is 7.14. The fourth-order valence-corrected chi connectivity index (χ4v) is 6.36. The average molecular weight is 433 g/mol. The zero-order valence-corrected chi connectivity index (χ0v) is 18.3. The van der Waals surface area contributed by atoms with Gasteiger partial charge in [-0.3, -0.25) is 4.79 Å². The van der Waals surface area contributed by atoms with E-state index in [4.69, 9.17) is 0 Å². The minimum absolute atomic E-state index is 0.0144. The number of aliphatic carboxylic acids is 1. The number of thiazole rings is 1. The van der Waals surface area contributed by atoms with Crippen LogP contribution in [-0.4, -0.2) is 44.3 Å². The SMILES string of the molecule is CC(P)C1C(=O)N2C(C(=O)O)=C(/C=C/CSc3nc4ccccc4s3)[C@H](C)C12. The molecule has 2 aliphatic rings. The third-order valence-corrected chi connectivity index (χ3v) is 7.90. The van der Waals surface area contributed by atoms with Crippen LogP contribution in [0.25, 0.3) is 10.2 Å². The summed E-state index contributed by atoms with van der Waals surface area (Å²) < 4.78 is 2.16. The number of hydrogen-bond donors (Lipinski definition) is 1. The predicted octanol–water partition coefficient (Wildman–Crippen LogP) is 4.02. The summed E-state index contributed by atoms with van der Waals surface area (Å²) in [4.78, 5) is 30.4. The fraction of sp³-hybridized carbons (Fsp3) is 0.350. The Hall–Kier alpha value is -1.69. The number of fused-ring (bicyclic) bond motifs is 2. The van der Waals surface area contributed by atoms with E-state index in [0.29, 0.717) is 5.75 Å². The normalized spacial score (nSPS) is 25.5. The van der Waals surface area contributed by atoms with Crippen molar-refractivity contribution < 1.29 is 14.7 Å². The molecule has 4 rings (SSSR count). The highest BCUT2D eigenvalue weighted by molar-refractivity contribution is 8.01. The summed E-state index contributed by atoms with van der Waals surface area (Å²) in [5, 5.41) is 9.68. The Kier molecular flexibility index (Phi) is 5.34. The Morgan fingerprint density at radius 2 is 2.21 bits per heavy atom. The number of carboxylic acid groups (broad SMARTS) is 1. The molecule has 1 amide bonds. The topological polar surface area (TPSA) is 70.5 Å². The molecule has 5 atom stereocenters. The molecule has 0 saturated carbocycles. The van der Waals surface area contributed by atoms with Crippen molar-refractivity contribution in [2.45, 2.75) is 29.9 Å². The largest absolute Gasteiger partial charge is 0.477 e. The number of thioether (sulfide) groups is 1. The van der Waals surface area contributed by atoms with Crippen LogP contribution in [0.3, 0.4) is 0 Å². The van der Waals surface area contributed by atoms with E-state index in [2.05, 4.69) is 20.3 Å². The average Bonchev–Trinajstić information content (AvgIpc) is 3.15. The van der Waals surface area contributed by atoms with Gasteiger partial charge < -0.3 is 10.0 Å². The van der Waals surface area contributed by atoms with Crippen molar-refractivity contribution in [1.82, 2.24) is 9.88 Å². The predicted molar refractivity (Wildman–Crippen MR) is 117 cm³/mol. The first-order chi connectivity index (χ1) is 13.4. The molecule has 0 bridgehead atoms. The van der Waals surface area contributed by atoms with Gasteiger partial charge in [-0.1, -0.05) is 49.9 Å². The molecule has 2 aromatic rings. The Labute approximate surface area is 174 Å². The quantitative estimate of drug-likeness (QED) is 0.424. The first-order valence-corrected chi connectivity index (χ1v) is 11.6. The summed E-state index contributed by atoms with van der Waals surface area (Å²) in [6.45, 7) is 4.00. The van der Waals surface area contributed by atoms with Crippen LogP contribution in [0.15, 0.2) is 52.0 Å². The number of allylic oxidation sites excluding steroid dienone is 1. The van der Waals surface area contributed by atoms with E-state index in [9.17, 15) is 14.7 Å². The van der Waals surface area contributed by atoms with Crippen molar-refractivity contribution in [3.63, 3.8) is 0 Å². The number of carbonyl (C=O) groups excluding carboxylic acids is 1. The molecular weight excluding hydrogens is 411 g/mol. The second kappa shape index (κ2) is 7.62. The third kappa shape index (κ3) is 3.19. The molecule has 1 saturated heterocycles. The third-order valence-electron chi connectivity index (χ3n) is 5.35.